The molecule has 0 amide bonds. The van der Waals surface area contributed by atoms with Crippen molar-refractivity contribution in [3.63, 3.8) is 0 Å². The average Bonchev–Trinajstić information content (AvgIpc) is 3.35. The first-order valence-electron chi connectivity index (χ1n) is 7.82. The maximum absolute atomic E-state index is 4.55. The molecule has 0 aliphatic rings. The summed E-state index contributed by atoms with van der Waals surface area (Å²) in [6.45, 7) is 4.14. The second-order valence-corrected chi connectivity index (χ2v) is 6.46. The second-order valence-electron chi connectivity index (χ2n) is 5.59. The molecule has 0 saturated carbocycles. The fourth-order valence-corrected chi connectivity index (χ4v) is 3.51. The van der Waals surface area contributed by atoms with E-state index in [1.807, 2.05) is 48.1 Å². The maximum atomic E-state index is 4.55. The monoisotopic (exact) mass is 348 g/mol. The number of nitrogens with zero attached hydrogens (tertiary/aromatic N) is 6. The Morgan fingerprint density at radius 2 is 2.00 bits per heavy atom. The van der Waals surface area contributed by atoms with Crippen molar-refractivity contribution < 1.29 is 0 Å². The van der Waals surface area contributed by atoms with Crippen molar-refractivity contribution in [2.75, 3.05) is 0 Å². The van der Waals surface area contributed by atoms with E-state index in [9.17, 15) is 0 Å². The zero-order chi connectivity index (χ0) is 17.2. The molecule has 25 heavy (non-hydrogen) atoms. The number of aromatic nitrogens is 5. The SMILES string of the molecule is Cc1cc(/C=N\n2cnnc2-c2ccccc2)c(C)n1-c1nccs1. The lowest BCUT2D eigenvalue weighted by atomic mass is 10.2. The molecule has 0 unspecified atom stereocenters. The number of rotatable bonds is 4. The fraction of sp³-hybridized carbons (Fsp3) is 0.111. The molecule has 0 fully saturated rings. The van der Waals surface area contributed by atoms with Gasteiger partial charge in [-0.15, -0.1) is 21.5 Å². The van der Waals surface area contributed by atoms with Crippen LogP contribution in [0.5, 0.6) is 0 Å². The molecule has 0 bridgehead atoms. The second kappa shape index (κ2) is 6.45. The van der Waals surface area contributed by atoms with Gasteiger partial charge in [0.2, 0.25) is 0 Å². The van der Waals surface area contributed by atoms with Gasteiger partial charge in [-0.1, -0.05) is 30.3 Å². The van der Waals surface area contributed by atoms with Crippen LogP contribution in [-0.2, 0) is 0 Å². The topological polar surface area (TPSA) is 60.9 Å². The Morgan fingerprint density at radius 3 is 2.76 bits per heavy atom. The summed E-state index contributed by atoms with van der Waals surface area (Å²) in [5, 5.41) is 15.6. The summed E-state index contributed by atoms with van der Waals surface area (Å²) in [5.74, 6) is 0.714. The molecule has 4 rings (SSSR count). The molecule has 7 heteroatoms. The standard InChI is InChI=1S/C18H16N6S/c1-13-10-16(14(2)24(13)18-19-8-9-25-18)11-21-23-12-20-22-17(23)15-6-4-3-5-7-15/h3-12H,1-2H3/b21-11-. The first-order valence-corrected chi connectivity index (χ1v) is 8.70. The fourth-order valence-electron chi connectivity index (χ4n) is 2.76. The van der Waals surface area contributed by atoms with Crippen LogP contribution in [-0.4, -0.2) is 30.6 Å². The van der Waals surface area contributed by atoms with Gasteiger partial charge < -0.3 is 0 Å². The number of thiazole rings is 1. The van der Waals surface area contributed by atoms with Gasteiger partial charge in [-0.05, 0) is 19.9 Å². The lowest BCUT2D eigenvalue weighted by Crippen LogP contribution is -1.99. The first kappa shape index (κ1) is 15.5. The highest BCUT2D eigenvalue weighted by Gasteiger charge is 2.11. The van der Waals surface area contributed by atoms with Crippen LogP contribution in [0.1, 0.15) is 17.0 Å². The minimum Gasteiger partial charge on any atom is -0.294 e. The Kier molecular flexibility index (Phi) is 3.99. The van der Waals surface area contributed by atoms with E-state index in [4.69, 9.17) is 0 Å². The molecule has 1 aromatic carbocycles. The van der Waals surface area contributed by atoms with Crippen molar-refractivity contribution in [3.8, 4) is 16.5 Å². The predicted molar refractivity (Wildman–Crippen MR) is 99.4 cm³/mol. The molecular weight excluding hydrogens is 332 g/mol. The van der Waals surface area contributed by atoms with Gasteiger partial charge in [0.25, 0.3) is 0 Å². The van der Waals surface area contributed by atoms with Crippen LogP contribution >= 0.6 is 11.3 Å². The van der Waals surface area contributed by atoms with E-state index >= 15 is 0 Å². The molecule has 6 nitrogen and oxygen atoms in total. The highest BCUT2D eigenvalue weighted by Crippen LogP contribution is 2.21. The lowest BCUT2D eigenvalue weighted by molar-refractivity contribution is 0.887. The van der Waals surface area contributed by atoms with Crippen molar-refractivity contribution in [2.45, 2.75) is 13.8 Å². The third-order valence-corrected chi connectivity index (χ3v) is 4.72. The van der Waals surface area contributed by atoms with Crippen molar-refractivity contribution >= 4 is 17.6 Å². The molecular formula is C18H16N6S. The van der Waals surface area contributed by atoms with Gasteiger partial charge >= 0.3 is 0 Å². The normalized spacial score (nSPS) is 11.4. The maximum Gasteiger partial charge on any atom is 0.193 e. The van der Waals surface area contributed by atoms with E-state index in [-0.39, 0.29) is 0 Å². The molecule has 0 N–H and O–H groups in total. The van der Waals surface area contributed by atoms with Crippen molar-refractivity contribution in [2.24, 2.45) is 5.10 Å². The Hall–Kier alpha value is -3.06. The van der Waals surface area contributed by atoms with Gasteiger partial charge in [-0.3, -0.25) is 4.57 Å². The van der Waals surface area contributed by atoms with Gasteiger partial charge in [0, 0.05) is 34.1 Å². The van der Waals surface area contributed by atoms with E-state index in [0.29, 0.717) is 5.82 Å². The quantitative estimate of drug-likeness (QED) is 0.528. The first-order chi connectivity index (χ1) is 12.2. The molecule has 0 spiro atoms. The zero-order valence-electron chi connectivity index (χ0n) is 13.9. The summed E-state index contributed by atoms with van der Waals surface area (Å²) in [4.78, 5) is 4.40. The number of hydrogen-bond acceptors (Lipinski definition) is 5. The largest absolute Gasteiger partial charge is 0.294 e. The van der Waals surface area contributed by atoms with E-state index < -0.39 is 0 Å². The molecule has 0 atom stereocenters. The number of hydrogen-bond donors (Lipinski definition) is 0. The van der Waals surface area contributed by atoms with Gasteiger partial charge in [-0.25, -0.2) is 4.98 Å². The van der Waals surface area contributed by atoms with Crippen LogP contribution in [0, 0.1) is 13.8 Å². The highest BCUT2D eigenvalue weighted by atomic mass is 32.1. The van der Waals surface area contributed by atoms with Crippen LogP contribution in [0.4, 0.5) is 0 Å². The van der Waals surface area contributed by atoms with Crippen molar-refractivity contribution in [1.29, 1.82) is 0 Å². The van der Waals surface area contributed by atoms with E-state index in [0.717, 1.165) is 27.6 Å². The van der Waals surface area contributed by atoms with Gasteiger partial charge in [0.15, 0.2) is 11.0 Å². The van der Waals surface area contributed by atoms with Crippen LogP contribution in [0.2, 0.25) is 0 Å². The summed E-state index contributed by atoms with van der Waals surface area (Å²) in [6, 6.07) is 12.0. The third kappa shape index (κ3) is 2.89. The van der Waals surface area contributed by atoms with Crippen LogP contribution in [0.3, 0.4) is 0 Å². The van der Waals surface area contributed by atoms with Gasteiger partial charge in [0.1, 0.15) is 6.33 Å². The minimum atomic E-state index is 0.714. The lowest BCUT2D eigenvalue weighted by Gasteiger charge is -2.04. The Balaban J connectivity index is 1.69. The summed E-state index contributed by atoms with van der Waals surface area (Å²) in [5.41, 5.74) is 4.25. The Bertz CT molecular complexity index is 1010. The smallest absolute Gasteiger partial charge is 0.193 e. The summed E-state index contributed by atoms with van der Waals surface area (Å²) in [7, 11) is 0. The Morgan fingerprint density at radius 1 is 1.16 bits per heavy atom. The van der Waals surface area contributed by atoms with Crippen LogP contribution in [0.25, 0.3) is 16.5 Å². The van der Waals surface area contributed by atoms with Gasteiger partial charge in [0.05, 0.1) is 6.21 Å². The average molecular weight is 348 g/mol. The molecule has 0 aliphatic heterocycles. The van der Waals surface area contributed by atoms with E-state index in [2.05, 4.69) is 44.8 Å². The molecule has 4 aromatic rings. The zero-order valence-corrected chi connectivity index (χ0v) is 14.7. The molecule has 0 aliphatic carbocycles. The summed E-state index contributed by atoms with van der Waals surface area (Å²) in [6.07, 6.45) is 5.26. The van der Waals surface area contributed by atoms with Gasteiger partial charge in [-0.2, -0.15) is 9.78 Å². The minimum absolute atomic E-state index is 0.714. The van der Waals surface area contributed by atoms with E-state index in [1.54, 1.807) is 22.3 Å². The van der Waals surface area contributed by atoms with E-state index in [1.165, 1.54) is 0 Å². The molecule has 0 saturated heterocycles. The number of benzene rings is 1. The third-order valence-electron chi connectivity index (χ3n) is 3.96. The Labute approximate surface area is 149 Å². The van der Waals surface area contributed by atoms with Crippen LogP contribution < -0.4 is 0 Å². The number of aryl methyl sites for hydroxylation is 1. The molecule has 0 radical (unpaired) electrons. The van der Waals surface area contributed by atoms with Crippen molar-refractivity contribution in [3.05, 3.63) is 71.3 Å². The molecule has 3 aromatic heterocycles. The molecule has 3 heterocycles. The van der Waals surface area contributed by atoms with Crippen LogP contribution in [0.15, 0.2) is 59.4 Å². The predicted octanol–water partition coefficient (Wildman–Crippen LogP) is 3.69. The van der Waals surface area contributed by atoms with Crippen molar-refractivity contribution in [1.82, 2.24) is 24.4 Å². The molecule has 124 valence electrons. The highest BCUT2D eigenvalue weighted by molar-refractivity contribution is 7.12. The summed E-state index contributed by atoms with van der Waals surface area (Å²) >= 11 is 1.62. The summed E-state index contributed by atoms with van der Waals surface area (Å²) < 4.78 is 3.82.